The Morgan fingerprint density at radius 3 is 2.19 bits per heavy atom. The number of benzene rings is 2. The summed E-state index contributed by atoms with van der Waals surface area (Å²) in [5, 5.41) is 0. The molecule has 2 aromatic carbocycles. The fraction of sp³-hybridized carbons (Fsp3) is 0.480. The molecule has 1 saturated heterocycles. The van der Waals surface area contributed by atoms with E-state index in [1.54, 1.807) is 27.4 Å². The number of anilines is 1. The molecule has 7 nitrogen and oxygen atoms in total. The number of unbranched alkanes of at least 4 members (excludes halogenated alkanes) is 1. The molecule has 1 amide bonds. The van der Waals surface area contributed by atoms with Gasteiger partial charge in [0.25, 0.3) is 5.91 Å². The molecule has 172 valence electrons. The van der Waals surface area contributed by atoms with Crippen molar-refractivity contribution in [3.63, 3.8) is 0 Å². The zero-order chi connectivity index (χ0) is 22.5. The Balaban J connectivity index is 1.21. The van der Waals surface area contributed by atoms with E-state index in [-0.39, 0.29) is 5.91 Å². The molecule has 0 aromatic heterocycles. The van der Waals surface area contributed by atoms with Crippen molar-refractivity contribution >= 4 is 11.6 Å². The highest BCUT2D eigenvalue weighted by Gasteiger charge is 2.29. The molecule has 7 heteroatoms. The average Bonchev–Trinajstić information content (AvgIpc) is 3.15. The van der Waals surface area contributed by atoms with Crippen molar-refractivity contribution in [1.82, 2.24) is 9.80 Å². The van der Waals surface area contributed by atoms with Crippen molar-refractivity contribution in [3.8, 4) is 17.2 Å². The largest absolute Gasteiger partial charge is 0.495 e. The second-order valence-electron chi connectivity index (χ2n) is 8.30. The molecular weight excluding hydrogens is 406 g/mol. The minimum Gasteiger partial charge on any atom is -0.495 e. The summed E-state index contributed by atoms with van der Waals surface area (Å²) in [5.74, 6) is 2.31. The lowest BCUT2D eigenvalue weighted by Gasteiger charge is -2.36. The maximum Gasteiger partial charge on any atom is 0.254 e. The summed E-state index contributed by atoms with van der Waals surface area (Å²) in [6, 6.07) is 11.9. The number of fused-ring (bicyclic) bond motifs is 1. The Morgan fingerprint density at radius 1 is 0.812 bits per heavy atom. The predicted molar refractivity (Wildman–Crippen MR) is 125 cm³/mol. The van der Waals surface area contributed by atoms with Gasteiger partial charge in [-0.2, -0.15) is 0 Å². The van der Waals surface area contributed by atoms with E-state index >= 15 is 0 Å². The van der Waals surface area contributed by atoms with Crippen molar-refractivity contribution in [2.45, 2.75) is 19.4 Å². The summed E-state index contributed by atoms with van der Waals surface area (Å²) in [6.07, 6.45) is 2.09. The summed E-state index contributed by atoms with van der Waals surface area (Å²) in [6.45, 7) is 6.59. The highest BCUT2D eigenvalue weighted by molar-refractivity contribution is 5.99. The lowest BCUT2D eigenvalue weighted by molar-refractivity contribution is 0.0774. The summed E-state index contributed by atoms with van der Waals surface area (Å²) in [5.41, 5.74) is 2.92. The highest BCUT2D eigenvalue weighted by atomic mass is 16.5. The van der Waals surface area contributed by atoms with Gasteiger partial charge in [0.15, 0.2) is 11.5 Å². The lowest BCUT2D eigenvalue weighted by Crippen LogP contribution is -2.46. The minimum atomic E-state index is 0.0892. The first-order valence-corrected chi connectivity index (χ1v) is 11.3. The molecule has 2 heterocycles. The smallest absolute Gasteiger partial charge is 0.254 e. The summed E-state index contributed by atoms with van der Waals surface area (Å²) < 4.78 is 16.2. The molecule has 2 aliphatic heterocycles. The number of methoxy groups -OCH3 is 3. The molecule has 0 unspecified atom stereocenters. The summed E-state index contributed by atoms with van der Waals surface area (Å²) in [7, 11) is 4.94. The quantitative estimate of drug-likeness (QED) is 0.559. The van der Waals surface area contributed by atoms with Gasteiger partial charge in [-0.3, -0.25) is 9.69 Å². The van der Waals surface area contributed by atoms with Crippen LogP contribution in [0.2, 0.25) is 0 Å². The van der Waals surface area contributed by atoms with Crippen LogP contribution in [-0.4, -0.2) is 76.3 Å². The zero-order valence-corrected chi connectivity index (χ0v) is 19.3. The number of carbonyl (C=O) groups is 1. The Bertz CT molecular complexity index is 941. The number of hydrogen-bond donors (Lipinski definition) is 0. The van der Waals surface area contributed by atoms with Gasteiger partial charge >= 0.3 is 0 Å². The Labute approximate surface area is 190 Å². The Morgan fingerprint density at radius 2 is 1.47 bits per heavy atom. The maximum absolute atomic E-state index is 12.8. The second-order valence-corrected chi connectivity index (χ2v) is 8.30. The molecule has 2 aliphatic rings. The third-order valence-corrected chi connectivity index (χ3v) is 6.44. The van der Waals surface area contributed by atoms with Crippen LogP contribution in [0.5, 0.6) is 17.2 Å². The molecular formula is C25H33N3O4. The Hall–Kier alpha value is -2.93. The predicted octanol–water partition coefficient (Wildman–Crippen LogP) is 3.27. The first kappa shape index (κ1) is 22.3. The maximum atomic E-state index is 12.8. The second kappa shape index (κ2) is 10.1. The highest BCUT2D eigenvalue weighted by Crippen LogP contribution is 2.35. The van der Waals surface area contributed by atoms with E-state index in [2.05, 4.69) is 21.9 Å². The van der Waals surface area contributed by atoms with E-state index in [4.69, 9.17) is 14.2 Å². The van der Waals surface area contributed by atoms with Gasteiger partial charge < -0.3 is 24.0 Å². The van der Waals surface area contributed by atoms with Gasteiger partial charge in [-0.05, 0) is 49.2 Å². The molecule has 32 heavy (non-hydrogen) atoms. The number of hydrogen-bond acceptors (Lipinski definition) is 6. The van der Waals surface area contributed by atoms with Crippen LogP contribution in [0.3, 0.4) is 0 Å². The van der Waals surface area contributed by atoms with Crippen LogP contribution in [0.25, 0.3) is 0 Å². The minimum absolute atomic E-state index is 0.0892. The fourth-order valence-corrected chi connectivity index (χ4v) is 4.62. The third-order valence-electron chi connectivity index (χ3n) is 6.44. The number of ether oxygens (including phenoxy) is 3. The average molecular weight is 440 g/mol. The normalized spacial score (nSPS) is 16.3. The van der Waals surface area contributed by atoms with Gasteiger partial charge in [-0.25, -0.2) is 0 Å². The van der Waals surface area contributed by atoms with Gasteiger partial charge in [0.05, 0.1) is 27.0 Å². The van der Waals surface area contributed by atoms with Gasteiger partial charge in [-0.1, -0.05) is 12.1 Å². The van der Waals surface area contributed by atoms with Crippen LogP contribution in [0.4, 0.5) is 5.69 Å². The van der Waals surface area contributed by atoms with E-state index < -0.39 is 0 Å². The fourth-order valence-electron chi connectivity index (χ4n) is 4.62. The Kier molecular flexibility index (Phi) is 7.05. The van der Waals surface area contributed by atoms with Crippen molar-refractivity contribution in [1.29, 1.82) is 0 Å². The molecule has 2 aromatic rings. The third kappa shape index (κ3) is 4.63. The van der Waals surface area contributed by atoms with Gasteiger partial charge in [0.1, 0.15) is 5.75 Å². The number of piperazine rings is 1. The van der Waals surface area contributed by atoms with Gasteiger partial charge in [0.2, 0.25) is 0 Å². The van der Waals surface area contributed by atoms with Crippen molar-refractivity contribution < 1.29 is 19.0 Å². The van der Waals surface area contributed by atoms with Gasteiger partial charge in [-0.15, -0.1) is 0 Å². The van der Waals surface area contributed by atoms with E-state index in [0.717, 1.165) is 69.0 Å². The first-order valence-electron chi connectivity index (χ1n) is 11.3. The summed E-state index contributed by atoms with van der Waals surface area (Å²) >= 11 is 0. The van der Waals surface area contributed by atoms with E-state index in [0.29, 0.717) is 18.0 Å². The number of para-hydroxylation sites is 2. The topological polar surface area (TPSA) is 54.5 Å². The molecule has 0 bridgehead atoms. The van der Waals surface area contributed by atoms with Crippen LogP contribution in [-0.2, 0) is 6.54 Å². The molecule has 1 fully saturated rings. The monoisotopic (exact) mass is 439 g/mol. The van der Waals surface area contributed by atoms with Crippen molar-refractivity contribution in [2.24, 2.45) is 0 Å². The van der Waals surface area contributed by atoms with Crippen LogP contribution in [0.15, 0.2) is 36.4 Å². The van der Waals surface area contributed by atoms with Gasteiger partial charge in [0, 0.05) is 44.8 Å². The van der Waals surface area contributed by atoms with Crippen LogP contribution in [0.1, 0.15) is 28.8 Å². The first-order chi connectivity index (χ1) is 15.6. The van der Waals surface area contributed by atoms with Crippen LogP contribution in [0, 0.1) is 0 Å². The molecule has 0 atom stereocenters. The number of nitrogens with zero attached hydrogens (tertiary/aromatic N) is 3. The van der Waals surface area contributed by atoms with E-state index in [1.165, 1.54) is 5.69 Å². The molecule has 0 saturated carbocycles. The number of amides is 1. The number of rotatable bonds is 9. The molecule has 0 aliphatic carbocycles. The summed E-state index contributed by atoms with van der Waals surface area (Å²) in [4.78, 5) is 19.6. The van der Waals surface area contributed by atoms with E-state index in [1.807, 2.05) is 23.1 Å². The van der Waals surface area contributed by atoms with Crippen molar-refractivity contribution in [2.75, 3.05) is 65.5 Å². The molecule has 0 N–H and O–H groups in total. The SMILES string of the molecule is COc1cc2c(cc1OC)C(=O)N(CCCCN1CCN(c3ccccc3OC)CC1)C2. The van der Waals surface area contributed by atoms with Crippen LogP contribution >= 0.6 is 0 Å². The van der Waals surface area contributed by atoms with Crippen LogP contribution < -0.4 is 19.1 Å². The van der Waals surface area contributed by atoms with Crippen molar-refractivity contribution in [3.05, 3.63) is 47.5 Å². The number of carbonyl (C=O) groups excluding carboxylic acids is 1. The molecule has 0 radical (unpaired) electrons. The van der Waals surface area contributed by atoms with E-state index in [9.17, 15) is 4.79 Å². The molecule has 4 rings (SSSR count). The standard InChI is InChI=1S/C25H33N3O4/c1-30-22-9-5-4-8-21(22)27-14-12-26(13-15-27)10-6-7-11-28-18-19-16-23(31-2)24(32-3)17-20(19)25(28)29/h4-5,8-9,16-17H,6-7,10-15,18H2,1-3H3. The zero-order valence-electron chi connectivity index (χ0n) is 19.3. The molecule has 0 spiro atoms. The lowest BCUT2D eigenvalue weighted by atomic mass is 10.1.